The van der Waals surface area contributed by atoms with E-state index in [2.05, 4.69) is 6.58 Å². The van der Waals surface area contributed by atoms with Gasteiger partial charge in [0.05, 0.1) is 4.90 Å². The number of allylic oxidation sites excluding steroid dienone is 1. The van der Waals surface area contributed by atoms with E-state index in [1.54, 1.807) is 12.1 Å². The predicted molar refractivity (Wildman–Crippen MR) is 77.3 cm³/mol. The minimum atomic E-state index is -0.955. The second-order valence-electron chi connectivity index (χ2n) is 4.14. The molecule has 0 aromatic heterocycles. The molecular formula is C16H13F3S. The third kappa shape index (κ3) is 3.07. The summed E-state index contributed by atoms with van der Waals surface area (Å²) in [6.45, 7) is 3.60. The van der Waals surface area contributed by atoms with Crippen LogP contribution in [0.25, 0.3) is 11.1 Å². The molecule has 0 heterocycles. The quantitative estimate of drug-likeness (QED) is 0.402. The molecule has 0 atom stereocenters. The maximum Gasteiger partial charge on any atom is 0.166 e. The molecule has 4 heteroatoms. The van der Waals surface area contributed by atoms with Gasteiger partial charge in [-0.15, -0.1) is 18.3 Å². The van der Waals surface area contributed by atoms with Crippen molar-refractivity contribution in [2.45, 2.75) is 11.3 Å². The maximum atomic E-state index is 13.9. The first-order valence-corrected chi connectivity index (χ1v) is 7.10. The SMILES string of the molecule is C=CCCSc1c(F)cccc1-c1cccc(F)c1F. The van der Waals surface area contributed by atoms with Crippen LogP contribution in [0.15, 0.2) is 53.9 Å². The van der Waals surface area contributed by atoms with Crippen LogP contribution in [0.1, 0.15) is 6.42 Å². The minimum absolute atomic E-state index is 0.0746. The molecule has 0 amide bonds. The second-order valence-corrected chi connectivity index (χ2v) is 5.25. The lowest BCUT2D eigenvalue weighted by atomic mass is 10.0. The Labute approximate surface area is 120 Å². The van der Waals surface area contributed by atoms with Crippen LogP contribution in [0, 0.1) is 17.5 Å². The molecule has 0 radical (unpaired) electrons. The Balaban J connectivity index is 2.47. The molecule has 0 aliphatic carbocycles. The molecule has 0 saturated heterocycles. The van der Waals surface area contributed by atoms with Crippen molar-refractivity contribution >= 4 is 11.8 Å². The number of hydrogen-bond acceptors (Lipinski definition) is 1. The Kier molecular flexibility index (Phi) is 4.90. The zero-order valence-corrected chi connectivity index (χ0v) is 11.5. The summed E-state index contributed by atoms with van der Waals surface area (Å²) in [5.74, 6) is -1.69. The van der Waals surface area contributed by atoms with Crippen molar-refractivity contribution in [3.8, 4) is 11.1 Å². The fourth-order valence-electron chi connectivity index (χ4n) is 1.82. The summed E-state index contributed by atoms with van der Waals surface area (Å²) in [5, 5.41) is 0. The van der Waals surface area contributed by atoms with Gasteiger partial charge in [-0.05, 0) is 18.6 Å². The highest BCUT2D eigenvalue weighted by Crippen LogP contribution is 2.35. The molecule has 20 heavy (non-hydrogen) atoms. The Hall–Kier alpha value is -1.68. The molecule has 0 saturated carbocycles. The van der Waals surface area contributed by atoms with Gasteiger partial charge in [-0.25, -0.2) is 13.2 Å². The molecule has 0 aliphatic rings. The van der Waals surface area contributed by atoms with E-state index in [1.807, 2.05) is 0 Å². The maximum absolute atomic E-state index is 13.9. The van der Waals surface area contributed by atoms with E-state index in [4.69, 9.17) is 0 Å². The van der Waals surface area contributed by atoms with Crippen molar-refractivity contribution in [3.05, 3.63) is 66.5 Å². The Morgan fingerprint density at radius 1 is 0.950 bits per heavy atom. The van der Waals surface area contributed by atoms with E-state index in [-0.39, 0.29) is 5.56 Å². The first-order valence-electron chi connectivity index (χ1n) is 6.11. The average Bonchev–Trinajstić information content (AvgIpc) is 2.44. The monoisotopic (exact) mass is 294 g/mol. The Bertz CT molecular complexity index is 623. The van der Waals surface area contributed by atoms with Gasteiger partial charge in [0.15, 0.2) is 11.6 Å². The van der Waals surface area contributed by atoms with Gasteiger partial charge in [-0.2, -0.15) is 0 Å². The van der Waals surface area contributed by atoms with Crippen LogP contribution >= 0.6 is 11.8 Å². The molecule has 0 fully saturated rings. The third-order valence-corrected chi connectivity index (χ3v) is 3.92. The Morgan fingerprint density at radius 2 is 1.60 bits per heavy atom. The van der Waals surface area contributed by atoms with Gasteiger partial charge in [0, 0.05) is 16.9 Å². The number of thioether (sulfide) groups is 1. The molecule has 2 aromatic rings. The van der Waals surface area contributed by atoms with Crippen molar-refractivity contribution in [1.82, 2.24) is 0 Å². The summed E-state index contributed by atoms with van der Waals surface area (Å²) >= 11 is 1.27. The van der Waals surface area contributed by atoms with Gasteiger partial charge in [0.1, 0.15) is 5.82 Å². The zero-order valence-electron chi connectivity index (χ0n) is 10.7. The van der Waals surface area contributed by atoms with Crippen LogP contribution in [-0.2, 0) is 0 Å². The molecule has 0 unspecified atom stereocenters. The van der Waals surface area contributed by atoms with Gasteiger partial charge < -0.3 is 0 Å². The molecule has 0 bridgehead atoms. The lowest BCUT2D eigenvalue weighted by Gasteiger charge is -2.11. The molecule has 0 aliphatic heterocycles. The van der Waals surface area contributed by atoms with Crippen molar-refractivity contribution in [2.75, 3.05) is 5.75 Å². The summed E-state index contributed by atoms with van der Waals surface area (Å²) in [6, 6.07) is 8.31. The number of benzene rings is 2. The summed E-state index contributed by atoms with van der Waals surface area (Å²) in [5.41, 5.74) is 0.446. The largest absolute Gasteiger partial charge is 0.206 e. The van der Waals surface area contributed by atoms with Crippen LogP contribution in [0.5, 0.6) is 0 Å². The van der Waals surface area contributed by atoms with Gasteiger partial charge >= 0.3 is 0 Å². The van der Waals surface area contributed by atoms with E-state index in [9.17, 15) is 13.2 Å². The first-order chi connectivity index (χ1) is 9.65. The van der Waals surface area contributed by atoms with E-state index < -0.39 is 17.5 Å². The highest BCUT2D eigenvalue weighted by atomic mass is 32.2. The molecule has 2 rings (SSSR count). The smallest absolute Gasteiger partial charge is 0.166 e. The van der Waals surface area contributed by atoms with Crippen molar-refractivity contribution < 1.29 is 13.2 Å². The van der Waals surface area contributed by atoms with Crippen LogP contribution in [0.3, 0.4) is 0 Å². The minimum Gasteiger partial charge on any atom is -0.206 e. The average molecular weight is 294 g/mol. The normalized spacial score (nSPS) is 10.6. The van der Waals surface area contributed by atoms with Gasteiger partial charge in [-0.1, -0.05) is 30.3 Å². The van der Waals surface area contributed by atoms with Crippen LogP contribution in [-0.4, -0.2) is 5.75 Å². The highest BCUT2D eigenvalue weighted by Gasteiger charge is 2.15. The van der Waals surface area contributed by atoms with E-state index in [0.717, 1.165) is 6.07 Å². The molecule has 104 valence electrons. The first kappa shape index (κ1) is 14.7. The molecular weight excluding hydrogens is 281 g/mol. The van der Waals surface area contributed by atoms with Gasteiger partial charge in [-0.3, -0.25) is 0 Å². The lowest BCUT2D eigenvalue weighted by molar-refractivity contribution is 0.510. The van der Waals surface area contributed by atoms with Crippen molar-refractivity contribution in [2.24, 2.45) is 0 Å². The lowest BCUT2D eigenvalue weighted by Crippen LogP contribution is -1.93. The van der Waals surface area contributed by atoms with Crippen LogP contribution in [0.4, 0.5) is 13.2 Å². The number of hydrogen-bond donors (Lipinski definition) is 0. The molecule has 0 spiro atoms. The number of rotatable bonds is 5. The fourth-order valence-corrected chi connectivity index (χ4v) is 2.85. The van der Waals surface area contributed by atoms with Gasteiger partial charge in [0.2, 0.25) is 0 Å². The topological polar surface area (TPSA) is 0 Å². The van der Waals surface area contributed by atoms with Crippen molar-refractivity contribution in [1.29, 1.82) is 0 Å². The second kappa shape index (κ2) is 6.66. The van der Waals surface area contributed by atoms with Crippen molar-refractivity contribution in [3.63, 3.8) is 0 Å². The number of halogens is 3. The summed E-state index contributed by atoms with van der Waals surface area (Å²) in [4.78, 5) is 0.332. The predicted octanol–water partition coefficient (Wildman–Crippen LogP) is 5.44. The highest BCUT2D eigenvalue weighted by molar-refractivity contribution is 7.99. The van der Waals surface area contributed by atoms with E-state index in [1.165, 1.54) is 36.0 Å². The third-order valence-electron chi connectivity index (χ3n) is 2.78. The van der Waals surface area contributed by atoms with E-state index >= 15 is 0 Å². The molecule has 0 N–H and O–H groups in total. The standard InChI is InChI=1S/C16H13F3S/c1-2-3-10-20-16-12(7-5-9-14(16)18)11-6-4-8-13(17)15(11)19/h2,4-9H,1,3,10H2. The Morgan fingerprint density at radius 3 is 2.30 bits per heavy atom. The molecule has 0 nitrogen and oxygen atoms in total. The summed E-state index contributed by atoms with van der Waals surface area (Å²) < 4.78 is 41.1. The fraction of sp³-hybridized carbons (Fsp3) is 0.125. The summed E-state index contributed by atoms with van der Waals surface area (Å²) in [6.07, 6.45) is 2.44. The summed E-state index contributed by atoms with van der Waals surface area (Å²) in [7, 11) is 0. The van der Waals surface area contributed by atoms with E-state index in [0.29, 0.717) is 22.6 Å². The zero-order chi connectivity index (χ0) is 14.5. The molecule has 2 aromatic carbocycles. The van der Waals surface area contributed by atoms with Gasteiger partial charge in [0.25, 0.3) is 0 Å². The van der Waals surface area contributed by atoms with Crippen LogP contribution in [0.2, 0.25) is 0 Å². The van der Waals surface area contributed by atoms with Crippen LogP contribution < -0.4 is 0 Å².